The second-order valence-corrected chi connectivity index (χ2v) is 8.86. The van der Waals surface area contributed by atoms with Crippen LogP contribution >= 0.6 is 0 Å². The maximum Gasteiger partial charge on any atom is 0.156 e. The van der Waals surface area contributed by atoms with E-state index in [1.807, 2.05) is 12.1 Å². The van der Waals surface area contributed by atoms with E-state index in [1.165, 1.54) is 0 Å². The van der Waals surface area contributed by atoms with Crippen LogP contribution in [-0.4, -0.2) is 31.9 Å². The Morgan fingerprint density at radius 1 is 1.15 bits per heavy atom. The lowest BCUT2D eigenvalue weighted by molar-refractivity contribution is -0.0138. The first kappa shape index (κ1) is 14.1. The molecule has 1 N–H and O–H groups in total. The summed E-state index contributed by atoms with van der Waals surface area (Å²) in [6.07, 6.45) is 2.63. The van der Waals surface area contributed by atoms with Crippen LogP contribution in [0.3, 0.4) is 0 Å². The summed E-state index contributed by atoms with van der Waals surface area (Å²) in [7, 11) is 2.73. The Bertz CT molecular complexity index is 587. The van der Waals surface area contributed by atoms with Crippen LogP contribution in [0.5, 0.6) is 0 Å². The summed E-state index contributed by atoms with van der Waals surface area (Å²) in [5, 5.41) is 10.4. The highest BCUT2D eigenvalue weighted by atomic mass is 32.2. The van der Waals surface area contributed by atoms with Crippen LogP contribution < -0.4 is 5.46 Å². The lowest BCUT2D eigenvalue weighted by Gasteiger charge is -2.38. The first-order chi connectivity index (χ1) is 9.31. The van der Waals surface area contributed by atoms with E-state index in [1.54, 1.807) is 19.1 Å². The molecule has 3 rings (SSSR count). The van der Waals surface area contributed by atoms with Crippen LogP contribution in [0.15, 0.2) is 24.3 Å². The Hall–Kier alpha value is -0.805. The number of sulfone groups is 1. The minimum Gasteiger partial charge on any atom is -0.385 e. The monoisotopic (exact) mass is 290 g/mol. The molecule has 0 aromatic heterocycles. The lowest BCUT2D eigenvalue weighted by atomic mass is 9.77. The third-order valence-corrected chi connectivity index (χ3v) is 7.84. The van der Waals surface area contributed by atoms with Gasteiger partial charge in [0.05, 0.1) is 16.1 Å². The Morgan fingerprint density at radius 2 is 1.65 bits per heavy atom. The summed E-state index contributed by atoms with van der Waals surface area (Å²) in [5.74, 6) is -0.00727. The van der Waals surface area contributed by atoms with Gasteiger partial charge in [0, 0.05) is 0 Å². The molecule has 0 amide bonds. The van der Waals surface area contributed by atoms with Crippen LogP contribution in [0.25, 0.3) is 0 Å². The predicted octanol–water partition coefficient (Wildman–Crippen LogP) is 1.04. The van der Waals surface area contributed by atoms with Gasteiger partial charge in [0.15, 0.2) is 9.84 Å². The largest absolute Gasteiger partial charge is 0.385 e. The molecule has 2 heterocycles. The Labute approximate surface area is 121 Å². The maximum atomic E-state index is 12.1. The van der Waals surface area contributed by atoms with Crippen molar-refractivity contribution in [1.82, 2.24) is 0 Å². The van der Waals surface area contributed by atoms with Crippen LogP contribution in [0.4, 0.5) is 0 Å². The van der Waals surface area contributed by atoms with Gasteiger partial charge in [0.25, 0.3) is 0 Å². The standard InChI is InChI=1S/C15H19BO3S/c1-15(17,10-2-4-12(16)5-3-10)11-8-13-6-7-14(9-11)20(13,18)19/h2-5,11,13-14,17H,6-9H2,1H3. The molecule has 0 aliphatic carbocycles. The van der Waals surface area contributed by atoms with Crippen molar-refractivity contribution in [3.05, 3.63) is 29.8 Å². The van der Waals surface area contributed by atoms with Gasteiger partial charge in [-0.3, -0.25) is 0 Å². The van der Waals surface area contributed by atoms with Crippen LogP contribution in [0.2, 0.25) is 0 Å². The SMILES string of the molecule is [B]c1ccc(C(C)(O)C2CC3CCC(C2)S3(=O)=O)cc1. The van der Waals surface area contributed by atoms with Gasteiger partial charge in [0.2, 0.25) is 0 Å². The number of benzene rings is 1. The summed E-state index contributed by atoms with van der Waals surface area (Å²) >= 11 is 0. The van der Waals surface area contributed by atoms with Crippen molar-refractivity contribution in [3.8, 4) is 0 Å². The first-order valence-corrected chi connectivity index (χ1v) is 8.74. The van der Waals surface area contributed by atoms with Crippen molar-refractivity contribution in [2.24, 2.45) is 5.92 Å². The second kappa shape index (κ2) is 4.60. The molecule has 3 atom stereocenters. The fourth-order valence-corrected chi connectivity index (χ4v) is 6.20. The fourth-order valence-electron chi connectivity index (χ4n) is 3.72. The predicted molar refractivity (Wildman–Crippen MR) is 79.9 cm³/mol. The third-order valence-electron chi connectivity index (χ3n) is 5.12. The molecular weight excluding hydrogens is 271 g/mol. The van der Waals surface area contributed by atoms with Crippen LogP contribution in [0, 0.1) is 5.92 Å². The van der Waals surface area contributed by atoms with Gasteiger partial charge in [-0.05, 0) is 44.1 Å². The van der Waals surface area contributed by atoms with E-state index >= 15 is 0 Å². The Morgan fingerprint density at radius 3 is 2.15 bits per heavy atom. The lowest BCUT2D eigenvalue weighted by Crippen LogP contribution is -2.42. The molecular formula is C15H19BO3S. The summed E-state index contributed by atoms with van der Waals surface area (Å²) in [5.41, 5.74) is 0.482. The normalized spacial score (nSPS) is 34.6. The number of aliphatic hydroxyl groups is 1. The topological polar surface area (TPSA) is 54.4 Å². The maximum absolute atomic E-state index is 12.1. The van der Waals surface area contributed by atoms with Gasteiger partial charge in [-0.2, -0.15) is 0 Å². The molecule has 106 valence electrons. The Balaban J connectivity index is 1.88. The minimum atomic E-state index is -2.94. The van der Waals surface area contributed by atoms with Crippen molar-refractivity contribution in [2.75, 3.05) is 0 Å². The molecule has 1 aromatic rings. The van der Waals surface area contributed by atoms with Crippen molar-refractivity contribution >= 4 is 23.1 Å². The molecule has 2 saturated heterocycles. The average molecular weight is 290 g/mol. The highest BCUT2D eigenvalue weighted by Crippen LogP contribution is 2.47. The molecule has 2 aliphatic heterocycles. The first-order valence-electron chi connectivity index (χ1n) is 7.13. The van der Waals surface area contributed by atoms with Gasteiger partial charge >= 0.3 is 0 Å². The van der Waals surface area contributed by atoms with Gasteiger partial charge < -0.3 is 5.11 Å². The smallest absolute Gasteiger partial charge is 0.156 e. The van der Waals surface area contributed by atoms with E-state index in [-0.39, 0.29) is 16.4 Å². The number of fused-ring (bicyclic) bond motifs is 2. The zero-order valence-corrected chi connectivity index (χ0v) is 12.4. The zero-order valence-electron chi connectivity index (χ0n) is 11.6. The summed E-state index contributed by atoms with van der Waals surface area (Å²) in [4.78, 5) is 0. The van der Waals surface area contributed by atoms with Gasteiger partial charge in [-0.1, -0.05) is 29.7 Å². The van der Waals surface area contributed by atoms with Crippen molar-refractivity contribution in [1.29, 1.82) is 0 Å². The van der Waals surface area contributed by atoms with E-state index in [0.717, 1.165) is 18.4 Å². The summed E-state index contributed by atoms with van der Waals surface area (Å²) in [6, 6.07) is 7.22. The molecule has 2 bridgehead atoms. The van der Waals surface area contributed by atoms with Crippen LogP contribution in [0.1, 0.15) is 38.2 Å². The molecule has 3 unspecified atom stereocenters. The van der Waals surface area contributed by atoms with Gasteiger partial charge in [-0.15, -0.1) is 0 Å². The third kappa shape index (κ3) is 2.11. The van der Waals surface area contributed by atoms with Gasteiger partial charge in [0.1, 0.15) is 7.85 Å². The van der Waals surface area contributed by atoms with Gasteiger partial charge in [-0.25, -0.2) is 8.42 Å². The van der Waals surface area contributed by atoms with Crippen molar-refractivity contribution < 1.29 is 13.5 Å². The van der Waals surface area contributed by atoms with Crippen molar-refractivity contribution in [3.63, 3.8) is 0 Å². The quantitative estimate of drug-likeness (QED) is 0.828. The minimum absolute atomic E-state index is 0.00727. The molecule has 5 heteroatoms. The molecule has 2 radical (unpaired) electrons. The van der Waals surface area contributed by atoms with E-state index in [4.69, 9.17) is 7.85 Å². The highest BCUT2D eigenvalue weighted by molar-refractivity contribution is 7.93. The molecule has 3 nitrogen and oxygen atoms in total. The fraction of sp³-hybridized carbons (Fsp3) is 0.600. The molecule has 0 saturated carbocycles. The molecule has 2 aliphatic rings. The second-order valence-electron chi connectivity index (χ2n) is 6.35. The molecule has 0 spiro atoms. The van der Waals surface area contributed by atoms with E-state index in [0.29, 0.717) is 18.3 Å². The molecule has 1 aromatic carbocycles. The highest BCUT2D eigenvalue weighted by Gasteiger charge is 2.51. The Kier molecular flexibility index (Phi) is 3.25. The average Bonchev–Trinajstić information content (AvgIpc) is 2.58. The van der Waals surface area contributed by atoms with E-state index < -0.39 is 15.4 Å². The molecule has 2 fully saturated rings. The van der Waals surface area contributed by atoms with E-state index in [9.17, 15) is 13.5 Å². The number of hydrogen-bond acceptors (Lipinski definition) is 3. The van der Waals surface area contributed by atoms with Crippen LogP contribution in [-0.2, 0) is 15.4 Å². The number of hydrogen-bond donors (Lipinski definition) is 1. The number of rotatable bonds is 2. The molecule has 20 heavy (non-hydrogen) atoms. The summed E-state index contributed by atoms with van der Waals surface area (Å²) in [6.45, 7) is 1.79. The van der Waals surface area contributed by atoms with Crippen molar-refractivity contribution in [2.45, 2.75) is 48.7 Å². The van der Waals surface area contributed by atoms with E-state index in [2.05, 4.69) is 0 Å². The zero-order chi connectivity index (χ0) is 14.5. The summed E-state index contributed by atoms with van der Waals surface area (Å²) < 4.78 is 24.3.